The number of halogens is 2. The van der Waals surface area contributed by atoms with E-state index in [1.807, 2.05) is 13.0 Å². The summed E-state index contributed by atoms with van der Waals surface area (Å²) >= 11 is 3.28. The zero-order chi connectivity index (χ0) is 12.7. The third kappa shape index (κ3) is 4.74. The maximum atomic E-state index is 13.4. The van der Waals surface area contributed by atoms with Crippen molar-refractivity contribution >= 4 is 15.9 Å². The maximum Gasteiger partial charge on any atom is 0.137 e. The van der Waals surface area contributed by atoms with Gasteiger partial charge in [-0.25, -0.2) is 4.39 Å². The molecule has 0 saturated heterocycles. The molecule has 17 heavy (non-hydrogen) atoms. The van der Waals surface area contributed by atoms with Crippen LogP contribution in [0.1, 0.15) is 19.4 Å². The molecule has 1 rings (SSSR count). The van der Waals surface area contributed by atoms with Gasteiger partial charge in [0.25, 0.3) is 0 Å². The molecular formula is C13H19BrFNO. The number of hydrogen-bond donors (Lipinski definition) is 1. The zero-order valence-electron chi connectivity index (χ0n) is 10.3. The van der Waals surface area contributed by atoms with Gasteiger partial charge in [-0.15, -0.1) is 0 Å². The largest absolute Gasteiger partial charge is 0.380 e. The fourth-order valence-electron chi connectivity index (χ4n) is 1.71. The summed E-state index contributed by atoms with van der Waals surface area (Å²) in [5.41, 5.74) is 0.968. The Balaban J connectivity index is 2.67. The highest BCUT2D eigenvalue weighted by molar-refractivity contribution is 9.10. The fraction of sp³-hybridized carbons (Fsp3) is 0.538. The number of rotatable bonds is 7. The maximum absolute atomic E-state index is 13.4. The van der Waals surface area contributed by atoms with Crippen LogP contribution in [0.5, 0.6) is 0 Å². The van der Waals surface area contributed by atoms with Crippen molar-refractivity contribution in [3.63, 3.8) is 0 Å². The molecule has 0 spiro atoms. The van der Waals surface area contributed by atoms with Crippen molar-refractivity contribution in [1.82, 2.24) is 5.32 Å². The molecule has 1 atom stereocenters. The van der Waals surface area contributed by atoms with Gasteiger partial charge >= 0.3 is 0 Å². The summed E-state index contributed by atoms with van der Waals surface area (Å²) in [6.45, 7) is 6.25. The van der Waals surface area contributed by atoms with Crippen molar-refractivity contribution in [3.8, 4) is 0 Å². The Morgan fingerprint density at radius 2 is 2.18 bits per heavy atom. The predicted molar refractivity (Wildman–Crippen MR) is 71.8 cm³/mol. The molecule has 1 aromatic carbocycles. The standard InChI is InChI=1S/C13H19BrFNO/c1-3-16-11(9-17-4-2)8-10-6-5-7-12(15)13(10)14/h5-7,11,16H,3-4,8-9H2,1-2H3. The smallest absolute Gasteiger partial charge is 0.137 e. The molecule has 0 fully saturated rings. The van der Waals surface area contributed by atoms with E-state index in [1.165, 1.54) is 6.07 Å². The second-order valence-corrected chi connectivity index (χ2v) is 4.62. The quantitative estimate of drug-likeness (QED) is 0.835. The first-order valence-electron chi connectivity index (χ1n) is 5.93. The molecule has 4 heteroatoms. The minimum atomic E-state index is -0.214. The van der Waals surface area contributed by atoms with E-state index in [0.717, 1.165) is 18.5 Å². The van der Waals surface area contributed by atoms with E-state index in [1.54, 1.807) is 6.07 Å². The first-order valence-corrected chi connectivity index (χ1v) is 6.72. The van der Waals surface area contributed by atoms with Crippen LogP contribution in [0.3, 0.4) is 0 Å². The SMILES string of the molecule is CCNC(COCC)Cc1cccc(F)c1Br. The molecule has 2 nitrogen and oxygen atoms in total. The lowest BCUT2D eigenvalue weighted by Gasteiger charge is -2.18. The Bertz CT molecular complexity index is 346. The van der Waals surface area contributed by atoms with Gasteiger partial charge in [0.15, 0.2) is 0 Å². The molecule has 1 unspecified atom stereocenters. The monoisotopic (exact) mass is 303 g/mol. The Hall–Kier alpha value is -0.450. The van der Waals surface area contributed by atoms with E-state index in [-0.39, 0.29) is 11.9 Å². The van der Waals surface area contributed by atoms with Gasteiger partial charge < -0.3 is 10.1 Å². The van der Waals surface area contributed by atoms with E-state index in [9.17, 15) is 4.39 Å². The first-order chi connectivity index (χ1) is 8.19. The summed E-state index contributed by atoms with van der Waals surface area (Å²) in [6, 6.07) is 5.35. The van der Waals surface area contributed by atoms with Crippen LogP contribution in [0.4, 0.5) is 4.39 Å². The minimum absolute atomic E-state index is 0.214. The lowest BCUT2D eigenvalue weighted by Crippen LogP contribution is -2.35. The number of benzene rings is 1. The fourth-order valence-corrected chi connectivity index (χ4v) is 2.14. The summed E-state index contributed by atoms with van der Waals surface area (Å²) in [7, 11) is 0. The second-order valence-electron chi connectivity index (χ2n) is 3.83. The van der Waals surface area contributed by atoms with Crippen LogP contribution in [0, 0.1) is 5.82 Å². The van der Waals surface area contributed by atoms with E-state index < -0.39 is 0 Å². The highest BCUT2D eigenvalue weighted by Crippen LogP contribution is 2.21. The molecule has 0 radical (unpaired) electrons. The highest BCUT2D eigenvalue weighted by atomic mass is 79.9. The number of ether oxygens (including phenoxy) is 1. The van der Waals surface area contributed by atoms with Crippen LogP contribution in [0.15, 0.2) is 22.7 Å². The van der Waals surface area contributed by atoms with Crippen LogP contribution < -0.4 is 5.32 Å². The van der Waals surface area contributed by atoms with Gasteiger partial charge in [-0.05, 0) is 47.4 Å². The van der Waals surface area contributed by atoms with Crippen LogP contribution >= 0.6 is 15.9 Å². The molecule has 0 aliphatic heterocycles. The van der Waals surface area contributed by atoms with Crippen molar-refractivity contribution in [3.05, 3.63) is 34.1 Å². The molecule has 96 valence electrons. The van der Waals surface area contributed by atoms with Gasteiger partial charge in [0, 0.05) is 12.6 Å². The Morgan fingerprint density at radius 3 is 2.82 bits per heavy atom. The van der Waals surface area contributed by atoms with Gasteiger partial charge in [0.1, 0.15) is 5.82 Å². The summed E-state index contributed by atoms with van der Waals surface area (Å²) in [5.74, 6) is -0.214. The Kier molecular flexibility index (Phi) is 6.70. The number of hydrogen-bond acceptors (Lipinski definition) is 2. The molecule has 0 amide bonds. The molecule has 0 bridgehead atoms. The number of likely N-dealkylation sites (N-methyl/N-ethyl adjacent to an activating group) is 1. The van der Waals surface area contributed by atoms with Crippen molar-refractivity contribution < 1.29 is 9.13 Å². The Labute approximate surface area is 111 Å². The summed E-state index contributed by atoms with van der Waals surface area (Å²) < 4.78 is 19.3. The second kappa shape index (κ2) is 7.80. The zero-order valence-corrected chi connectivity index (χ0v) is 11.9. The molecule has 0 aliphatic rings. The van der Waals surface area contributed by atoms with Crippen molar-refractivity contribution in [2.75, 3.05) is 19.8 Å². The van der Waals surface area contributed by atoms with Gasteiger partial charge in [0.05, 0.1) is 11.1 Å². The van der Waals surface area contributed by atoms with Crippen molar-refractivity contribution in [2.24, 2.45) is 0 Å². The minimum Gasteiger partial charge on any atom is -0.380 e. The summed E-state index contributed by atoms with van der Waals surface area (Å²) in [6.07, 6.45) is 0.756. The molecule has 0 saturated carbocycles. The number of nitrogens with one attached hydrogen (secondary N) is 1. The van der Waals surface area contributed by atoms with Crippen molar-refractivity contribution in [2.45, 2.75) is 26.3 Å². The van der Waals surface area contributed by atoms with E-state index in [4.69, 9.17) is 4.74 Å². The van der Waals surface area contributed by atoms with E-state index in [0.29, 0.717) is 17.7 Å². The molecule has 1 aromatic rings. The molecule has 0 aromatic heterocycles. The summed E-state index contributed by atoms with van der Waals surface area (Å²) in [5, 5.41) is 3.34. The van der Waals surface area contributed by atoms with Crippen LogP contribution in [-0.2, 0) is 11.2 Å². The average Bonchev–Trinajstić information content (AvgIpc) is 2.32. The van der Waals surface area contributed by atoms with Gasteiger partial charge in [-0.1, -0.05) is 19.1 Å². The lowest BCUT2D eigenvalue weighted by atomic mass is 10.1. The Morgan fingerprint density at radius 1 is 1.41 bits per heavy atom. The lowest BCUT2D eigenvalue weighted by molar-refractivity contribution is 0.123. The molecule has 1 N–H and O–H groups in total. The third-order valence-corrected chi connectivity index (χ3v) is 3.40. The molecule has 0 aliphatic carbocycles. The van der Waals surface area contributed by atoms with Crippen LogP contribution in [0.25, 0.3) is 0 Å². The molecule has 0 heterocycles. The van der Waals surface area contributed by atoms with Crippen LogP contribution in [-0.4, -0.2) is 25.8 Å². The molecular weight excluding hydrogens is 285 g/mol. The topological polar surface area (TPSA) is 21.3 Å². The van der Waals surface area contributed by atoms with Gasteiger partial charge in [0.2, 0.25) is 0 Å². The van der Waals surface area contributed by atoms with E-state index in [2.05, 4.69) is 28.2 Å². The van der Waals surface area contributed by atoms with E-state index >= 15 is 0 Å². The van der Waals surface area contributed by atoms with Gasteiger partial charge in [-0.2, -0.15) is 0 Å². The highest BCUT2D eigenvalue weighted by Gasteiger charge is 2.12. The van der Waals surface area contributed by atoms with Crippen molar-refractivity contribution in [1.29, 1.82) is 0 Å². The predicted octanol–water partition coefficient (Wildman–Crippen LogP) is 3.15. The summed E-state index contributed by atoms with van der Waals surface area (Å²) in [4.78, 5) is 0. The third-order valence-electron chi connectivity index (χ3n) is 2.51. The normalized spacial score (nSPS) is 12.7. The van der Waals surface area contributed by atoms with Crippen LogP contribution in [0.2, 0.25) is 0 Å². The average molecular weight is 304 g/mol. The van der Waals surface area contributed by atoms with Gasteiger partial charge in [-0.3, -0.25) is 0 Å². The first kappa shape index (κ1) is 14.6.